The van der Waals surface area contributed by atoms with Gasteiger partial charge in [-0.25, -0.2) is 4.39 Å². The lowest BCUT2D eigenvalue weighted by molar-refractivity contribution is -0.137. The molecule has 15 heavy (non-hydrogen) atoms. The van der Waals surface area contributed by atoms with Crippen molar-refractivity contribution in [2.75, 3.05) is 0 Å². The number of carbonyl (C=O) groups is 1. The molecular formula is C11H12ClFO2. The zero-order valence-electron chi connectivity index (χ0n) is 8.34. The Bertz CT molecular complexity index is 366. The van der Waals surface area contributed by atoms with Crippen molar-refractivity contribution in [1.82, 2.24) is 0 Å². The van der Waals surface area contributed by atoms with E-state index < -0.39 is 12.6 Å². The van der Waals surface area contributed by atoms with E-state index in [4.69, 9.17) is 16.7 Å². The van der Waals surface area contributed by atoms with E-state index in [9.17, 15) is 9.18 Å². The van der Waals surface area contributed by atoms with Gasteiger partial charge in [0.05, 0.1) is 6.42 Å². The monoisotopic (exact) mass is 230 g/mol. The molecule has 0 spiro atoms. The van der Waals surface area contributed by atoms with Gasteiger partial charge in [-0.05, 0) is 23.1 Å². The van der Waals surface area contributed by atoms with Crippen LogP contribution in [0.1, 0.15) is 30.4 Å². The molecule has 0 aromatic heterocycles. The SMILES string of the molecule is CC(CC(=O)O)c1ccc(CF)cc1Cl. The van der Waals surface area contributed by atoms with Gasteiger partial charge in [0, 0.05) is 5.02 Å². The third-order valence-electron chi connectivity index (χ3n) is 2.23. The van der Waals surface area contributed by atoms with Crippen LogP contribution in [0.5, 0.6) is 0 Å². The summed E-state index contributed by atoms with van der Waals surface area (Å²) >= 11 is 5.93. The van der Waals surface area contributed by atoms with Crippen LogP contribution in [0.4, 0.5) is 4.39 Å². The molecule has 1 unspecified atom stereocenters. The van der Waals surface area contributed by atoms with E-state index >= 15 is 0 Å². The molecule has 0 aliphatic carbocycles. The quantitative estimate of drug-likeness (QED) is 0.861. The molecule has 0 bridgehead atoms. The number of benzene rings is 1. The molecule has 0 fully saturated rings. The molecule has 0 aliphatic rings. The summed E-state index contributed by atoms with van der Waals surface area (Å²) in [6, 6.07) is 4.85. The molecule has 1 rings (SSSR count). The lowest BCUT2D eigenvalue weighted by Gasteiger charge is -2.11. The van der Waals surface area contributed by atoms with Gasteiger partial charge in [-0.1, -0.05) is 30.7 Å². The van der Waals surface area contributed by atoms with Crippen molar-refractivity contribution in [1.29, 1.82) is 0 Å². The van der Waals surface area contributed by atoms with Crippen LogP contribution in [0, 0.1) is 0 Å². The Kier molecular flexibility index (Phi) is 4.09. The summed E-state index contributed by atoms with van der Waals surface area (Å²) in [4.78, 5) is 10.5. The molecule has 1 atom stereocenters. The van der Waals surface area contributed by atoms with Crippen molar-refractivity contribution in [2.24, 2.45) is 0 Å². The zero-order chi connectivity index (χ0) is 11.4. The zero-order valence-corrected chi connectivity index (χ0v) is 9.09. The lowest BCUT2D eigenvalue weighted by atomic mass is 9.97. The normalized spacial score (nSPS) is 12.5. The van der Waals surface area contributed by atoms with Gasteiger partial charge in [-0.2, -0.15) is 0 Å². The van der Waals surface area contributed by atoms with Crippen LogP contribution in [0.25, 0.3) is 0 Å². The summed E-state index contributed by atoms with van der Waals surface area (Å²) in [5.74, 6) is -1.03. The van der Waals surface area contributed by atoms with E-state index in [0.717, 1.165) is 5.56 Å². The highest BCUT2D eigenvalue weighted by Gasteiger charge is 2.13. The number of halogens is 2. The fourth-order valence-corrected chi connectivity index (χ4v) is 1.81. The summed E-state index contributed by atoms with van der Waals surface area (Å²) in [7, 11) is 0. The summed E-state index contributed by atoms with van der Waals surface area (Å²) in [6.07, 6.45) is 0.0225. The Balaban J connectivity index is 2.90. The van der Waals surface area contributed by atoms with Gasteiger partial charge in [0.25, 0.3) is 0 Å². The van der Waals surface area contributed by atoms with Crippen LogP contribution < -0.4 is 0 Å². The summed E-state index contributed by atoms with van der Waals surface area (Å²) < 4.78 is 12.3. The van der Waals surface area contributed by atoms with E-state index in [0.29, 0.717) is 10.6 Å². The predicted octanol–water partition coefficient (Wildman–Crippen LogP) is 3.39. The molecule has 1 aromatic carbocycles. The third kappa shape index (κ3) is 3.20. The topological polar surface area (TPSA) is 37.3 Å². The number of rotatable bonds is 4. The van der Waals surface area contributed by atoms with Gasteiger partial charge >= 0.3 is 5.97 Å². The molecular weight excluding hydrogens is 219 g/mol. The average Bonchev–Trinajstić information content (AvgIpc) is 2.16. The maximum Gasteiger partial charge on any atom is 0.303 e. The predicted molar refractivity (Wildman–Crippen MR) is 56.9 cm³/mol. The first-order valence-corrected chi connectivity index (χ1v) is 4.98. The molecule has 0 heterocycles. The van der Waals surface area contributed by atoms with E-state index in [1.165, 1.54) is 6.07 Å². The molecule has 0 amide bonds. The Morgan fingerprint density at radius 2 is 2.27 bits per heavy atom. The van der Waals surface area contributed by atoms with Gasteiger partial charge in [-0.15, -0.1) is 0 Å². The second-order valence-corrected chi connectivity index (χ2v) is 3.90. The largest absolute Gasteiger partial charge is 0.481 e. The van der Waals surface area contributed by atoms with Gasteiger partial charge in [0.1, 0.15) is 6.67 Å². The van der Waals surface area contributed by atoms with E-state index in [1.807, 2.05) is 0 Å². The van der Waals surface area contributed by atoms with Crippen LogP contribution in [0.15, 0.2) is 18.2 Å². The van der Waals surface area contributed by atoms with Crippen LogP contribution in [0.3, 0.4) is 0 Å². The number of carboxylic acid groups (broad SMARTS) is 1. The first-order chi connectivity index (χ1) is 7.04. The Labute approximate surface area is 92.7 Å². The summed E-state index contributed by atoms with van der Waals surface area (Å²) in [5.41, 5.74) is 1.25. The molecule has 0 radical (unpaired) electrons. The molecule has 2 nitrogen and oxygen atoms in total. The van der Waals surface area contributed by atoms with Crippen molar-refractivity contribution in [2.45, 2.75) is 25.9 Å². The van der Waals surface area contributed by atoms with Crippen molar-refractivity contribution >= 4 is 17.6 Å². The van der Waals surface area contributed by atoms with Crippen molar-refractivity contribution < 1.29 is 14.3 Å². The molecule has 82 valence electrons. The Morgan fingerprint density at radius 3 is 2.73 bits per heavy atom. The Hall–Kier alpha value is -1.09. The van der Waals surface area contributed by atoms with E-state index in [1.54, 1.807) is 19.1 Å². The minimum absolute atomic E-state index is 0.0225. The maximum absolute atomic E-state index is 12.3. The Morgan fingerprint density at radius 1 is 1.60 bits per heavy atom. The molecule has 4 heteroatoms. The summed E-state index contributed by atoms with van der Waals surface area (Å²) in [6.45, 7) is 1.22. The van der Waals surface area contributed by atoms with Gasteiger partial charge in [-0.3, -0.25) is 4.79 Å². The highest BCUT2D eigenvalue weighted by atomic mass is 35.5. The number of hydrogen-bond acceptors (Lipinski definition) is 1. The van der Waals surface area contributed by atoms with Crippen LogP contribution in [0.2, 0.25) is 5.02 Å². The second-order valence-electron chi connectivity index (χ2n) is 3.49. The molecule has 0 saturated heterocycles. The number of carboxylic acids is 1. The van der Waals surface area contributed by atoms with E-state index in [-0.39, 0.29) is 12.3 Å². The first kappa shape index (κ1) is 12.0. The van der Waals surface area contributed by atoms with Gasteiger partial charge in [0.15, 0.2) is 0 Å². The van der Waals surface area contributed by atoms with Gasteiger partial charge in [0.2, 0.25) is 0 Å². The van der Waals surface area contributed by atoms with Crippen molar-refractivity contribution in [3.63, 3.8) is 0 Å². The van der Waals surface area contributed by atoms with Crippen LogP contribution >= 0.6 is 11.6 Å². The van der Waals surface area contributed by atoms with Crippen LogP contribution in [-0.4, -0.2) is 11.1 Å². The maximum atomic E-state index is 12.3. The number of alkyl halides is 1. The van der Waals surface area contributed by atoms with Crippen LogP contribution in [-0.2, 0) is 11.5 Å². The first-order valence-electron chi connectivity index (χ1n) is 4.60. The standard InChI is InChI=1S/C11H12ClFO2/c1-7(4-11(14)15)9-3-2-8(6-13)5-10(9)12/h2-3,5,7H,4,6H2,1H3,(H,14,15). The van der Waals surface area contributed by atoms with Gasteiger partial charge < -0.3 is 5.11 Å². The van der Waals surface area contributed by atoms with Crippen molar-refractivity contribution in [3.05, 3.63) is 34.3 Å². The number of aliphatic carboxylic acids is 1. The minimum Gasteiger partial charge on any atom is -0.481 e. The third-order valence-corrected chi connectivity index (χ3v) is 2.56. The minimum atomic E-state index is -0.867. The fourth-order valence-electron chi connectivity index (χ4n) is 1.43. The smallest absolute Gasteiger partial charge is 0.303 e. The average molecular weight is 231 g/mol. The molecule has 0 saturated carbocycles. The number of hydrogen-bond donors (Lipinski definition) is 1. The molecule has 0 aliphatic heterocycles. The highest BCUT2D eigenvalue weighted by Crippen LogP contribution is 2.27. The summed E-state index contributed by atoms with van der Waals surface area (Å²) in [5, 5.41) is 9.06. The highest BCUT2D eigenvalue weighted by molar-refractivity contribution is 6.31. The van der Waals surface area contributed by atoms with Crippen molar-refractivity contribution in [3.8, 4) is 0 Å². The van der Waals surface area contributed by atoms with E-state index in [2.05, 4.69) is 0 Å². The molecule has 1 aromatic rings. The molecule has 1 N–H and O–H groups in total. The lowest BCUT2D eigenvalue weighted by Crippen LogP contribution is -2.03. The second kappa shape index (κ2) is 5.12. The fraction of sp³-hybridized carbons (Fsp3) is 0.364.